The van der Waals surface area contributed by atoms with E-state index in [0.29, 0.717) is 16.9 Å². The monoisotopic (exact) mass is 355 g/mol. The number of halogens is 2. The molecule has 0 saturated carbocycles. The predicted molar refractivity (Wildman–Crippen MR) is 88.7 cm³/mol. The van der Waals surface area contributed by atoms with Crippen LogP contribution in [0.4, 0.5) is 4.39 Å². The second kappa shape index (κ2) is 6.44. The Labute approximate surface area is 133 Å². The summed E-state index contributed by atoms with van der Waals surface area (Å²) >= 11 is 3.19. The van der Waals surface area contributed by atoms with Crippen molar-refractivity contribution >= 4 is 27.0 Å². The standard InChI is InChI=1S/C16H23BrFN3/c1-16(2,3)10(6-7-19)4-5-15-20-13-8-11(17)12(18)9-14(13)21-15/h8-10H,4-7,19H2,1-3H3,(H,20,21). The lowest BCUT2D eigenvalue weighted by Gasteiger charge is -2.30. The molecule has 1 heterocycles. The third kappa shape index (κ3) is 4.04. The molecule has 0 spiro atoms. The van der Waals surface area contributed by atoms with E-state index in [0.717, 1.165) is 36.1 Å². The fourth-order valence-corrected chi connectivity index (χ4v) is 3.03. The Bertz CT molecular complexity index is 577. The van der Waals surface area contributed by atoms with Gasteiger partial charge in [-0.15, -0.1) is 0 Å². The molecule has 2 rings (SSSR count). The van der Waals surface area contributed by atoms with Crippen molar-refractivity contribution in [2.45, 2.75) is 40.0 Å². The predicted octanol–water partition coefficient (Wildman–Crippen LogP) is 4.41. The van der Waals surface area contributed by atoms with Crippen molar-refractivity contribution in [3.05, 3.63) is 28.2 Å². The van der Waals surface area contributed by atoms with Gasteiger partial charge in [-0.2, -0.15) is 0 Å². The fourth-order valence-electron chi connectivity index (χ4n) is 2.70. The van der Waals surface area contributed by atoms with Crippen LogP contribution in [0.1, 0.15) is 39.4 Å². The Morgan fingerprint density at radius 1 is 1.33 bits per heavy atom. The quantitative estimate of drug-likeness (QED) is 0.834. The molecule has 1 aromatic heterocycles. The molecule has 3 nitrogen and oxygen atoms in total. The summed E-state index contributed by atoms with van der Waals surface area (Å²) in [5.74, 6) is 1.20. The molecule has 0 fully saturated rings. The zero-order valence-corrected chi connectivity index (χ0v) is 14.4. The summed E-state index contributed by atoms with van der Waals surface area (Å²) in [5.41, 5.74) is 7.50. The van der Waals surface area contributed by atoms with Crippen molar-refractivity contribution in [3.8, 4) is 0 Å². The molecule has 0 aliphatic heterocycles. The lowest BCUT2D eigenvalue weighted by Crippen LogP contribution is -2.24. The highest BCUT2D eigenvalue weighted by atomic mass is 79.9. The van der Waals surface area contributed by atoms with Crippen molar-refractivity contribution in [1.82, 2.24) is 9.97 Å². The minimum atomic E-state index is -0.270. The molecule has 5 heteroatoms. The van der Waals surface area contributed by atoms with Gasteiger partial charge in [-0.3, -0.25) is 0 Å². The van der Waals surface area contributed by atoms with Gasteiger partial charge in [0.05, 0.1) is 15.5 Å². The molecule has 116 valence electrons. The van der Waals surface area contributed by atoms with E-state index in [1.54, 1.807) is 6.07 Å². The zero-order chi connectivity index (χ0) is 15.6. The third-order valence-electron chi connectivity index (χ3n) is 4.04. The number of hydrogen-bond donors (Lipinski definition) is 2. The highest BCUT2D eigenvalue weighted by Gasteiger charge is 2.23. The molecule has 1 unspecified atom stereocenters. The Morgan fingerprint density at radius 3 is 2.67 bits per heavy atom. The van der Waals surface area contributed by atoms with Crippen LogP contribution in [-0.2, 0) is 6.42 Å². The van der Waals surface area contributed by atoms with E-state index < -0.39 is 0 Å². The number of aromatic nitrogens is 2. The van der Waals surface area contributed by atoms with Crippen LogP contribution in [0, 0.1) is 17.2 Å². The number of imidazole rings is 1. The van der Waals surface area contributed by atoms with Crippen LogP contribution in [0.2, 0.25) is 0 Å². The first-order chi connectivity index (χ1) is 9.81. The Hall–Kier alpha value is -0.940. The molecule has 0 bridgehead atoms. The topological polar surface area (TPSA) is 54.7 Å². The first kappa shape index (κ1) is 16.4. The fraction of sp³-hybridized carbons (Fsp3) is 0.562. The summed E-state index contributed by atoms with van der Waals surface area (Å²) in [7, 11) is 0. The smallest absolute Gasteiger partial charge is 0.139 e. The molecule has 0 aliphatic carbocycles. The van der Waals surface area contributed by atoms with E-state index >= 15 is 0 Å². The average Bonchev–Trinajstić information content (AvgIpc) is 2.75. The van der Waals surface area contributed by atoms with Crippen LogP contribution >= 0.6 is 15.9 Å². The number of hydrogen-bond acceptors (Lipinski definition) is 2. The van der Waals surface area contributed by atoms with Crippen LogP contribution in [-0.4, -0.2) is 16.5 Å². The van der Waals surface area contributed by atoms with Crippen LogP contribution in [0.25, 0.3) is 11.0 Å². The first-order valence-electron chi connectivity index (χ1n) is 7.35. The molecule has 21 heavy (non-hydrogen) atoms. The van der Waals surface area contributed by atoms with Gasteiger partial charge in [0.15, 0.2) is 0 Å². The van der Waals surface area contributed by atoms with Crippen LogP contribution in [0.3, 0.4) is 0 Å². The summed E-state index contributed by atoms with van der Waals surface area (Å²) < 4.78 is 14.0. The highest BCUT2D eigenvalue weighted by molar-refractivity contribution is 9.10. The van der Waals surface area contributed by atoms with Gasteiger partial charge in [-0.1, -0.05) is 20.8 Å². The lowest BCUT2D eigenvalue weighted by molar-refractivity contribution is 0.214. The van der Waals surface area contributed by atoms with Gasteiger partial charge in [-0.05, 0) is 52.7 Å². The summed E-state index contributed by atoms with van der Waals surface area (Å²) in [6, 6.07) is 3.20. The molecule has 1 atom stereocenters. The van der Waals surface area contributed by atoms with E-state index in [1.807, 2.05) is 0 Å². The summed E-state index contributed by atoms with van der Waals surface area (Å²) in [5, 5.41) is 0. The maximum atomic E-state index is 13.5. The maximum Gasteiger partial charge on any atom is 0.139 e. The second-order valence-electron chi connectivity index (χ2n) is 6.65. The number of H-pyrrole nitrogens is 1. The molecule has 0 amide bonds. The minimum Gasteiger partial charge on any atom is -0.342 e. The van der Waals surface area contributed by atoms with Crippen molar-refractivity contribution in [3.63, 3.8) is 0 Å². The molecule has 0 radical (unpaired) electrons. The number of nitrogens with zero attached hydrogens (tertiary/aromatic N) is 1. The Balaban J connectivity index is 2.12. The number of rotatable bonds is 5. The molecule has 1 aromatic carbocycles. The van der Waals surface area contributed by atoms with Gasteiger partial charge >= 0.3 is 0 Å². The SMILES string of the molecule is CC(C)(C)C(CCN)CCc1nc2cc(Br)c(F)cc2[nH]1. The number of nitrogens with one attached hydrogen (secondary N) is 1. The van der Waals surface area contributed by atoms with E-state index in [-0.39, 0.29) is 11.2 Å². The normalized spacial score (nSPS) is 13.8. The van der Waals surface area contributed by atoms with E-state index in [1.165, 1.54) is 6.07 Å². The van der Waals surface area contributed by atoms with Crippen molar-refractivity contribution in [2.24, 2.45) is 17.1 Å². The minimum absolute atomic E-state index is 0.237. The largest absolute Gasteiger partial charge is 0.342 e. The second-order valence-corrected chi connectivity index (χ2v) is 7.50. The highest BCUT2D eigenvalue weighted by Crippen LogP contribution is 2.32. The number of aromatic amines is 1. The summed E-state index contributed by atoms with van der Waals surface area (Å²) in [4.78, 5) is 7.75. The van der Waals surface area contributed by atoms with Gasteiger partial charge in [0, 0.05) is 12.5 Å². The van der Waals surface area contributed by atoms with E-state index in [2.05, 4.69) is 46.7 Å². The Morgan fingerprint density at radius 2 is 2.05 bits per heavy atom. The molecule has 0 saturated heterocycles. The molecule has 0 aliphatic rings. The van der Waals surface area contributed by atoms with Gasteiger partial charge in [0.25, 0.3) is 0 Å². The van der Waals surface area contributed by atoms with E-state index in [9.17, 15) is 4.39 Å². The zero-order valence-electron chi connectivity index (χ0n) is 12.8. The molecular weight excluding hydrogens is 333 g/mol. The van der Waals surface area contributed by atoms with Crippen molar-refractivity contribution < 1.29 is 4.39 Å². The van der Waals surface area contributed by atoms with Gasteiger partial charge in [0.2, 0.25) is 0 Å². The lowest BCUT2D eigenvalue weighted by atomic mass is 9.76. The number of benzene rings is 1. The van der Waals surface area contributed by atoms with Gasteiger partial charge in [0.1, 0.15) is 11.6 Å². The first-order valence-corrected chi connectivity index (χ1v) is 8.14. The molecule has 2 aromatic rings. The van der Waals surface area contributed by atoms with Crippen LogP contribution in [0.15, 0.2) is 16.6 Å². The van der Waals surface area contributed by atoms with Gasteiger partial charge in [-0.25, -0.2) is 9.37 Å². The maximum absolute atomic E-state index is 13.5. The van der Waals surface area contributed by atoms with Crippen LogP contribution < -0.4 is 5.73 Å². The summed E-state index contributed by atoms with van der Waals surface area (Å²) in [6.07, 6.45) is 2.91. The Kier molecular flexibility index (Phi) is 5.04. The number of nitrogens with two attached hydrogens (primary N) is 1. The van der Waals surface area contributed by atoms with Gasteiger partial charge < -0.3 is 10.7 Å². The summed E-state index contributed by atoms with van der Waals surface area (Å²) in [6.45, 7) is 7.45. The van der Waals surface area contributed by atoms with E-state index in [4.69, 9.17) is 5.73 Å². The number of aryl methyl sites for hydroxylation is 1. The molecule has 3 N–H and O–H groups in total. The van der Waals surface area contributed by atoms with Crippen LogP contribution in [0.5, 0.6) is 0 Å². The molecular formula is C16H23BrFN3. The van der Waals surface area contributed by atoms with Crippen molar-refractivity contribution in [2.75, 3.05) is 6.54 Å². The third-order valence-corrected chi connectivity index (χ3v) is 4.65. The number of fused-ring (bicyclic) bond motifs is 1. The van der Waals surface area contributed by atoms with Crippen molar-refractivity contribution in [1.29, 1.82) is 0 Å². The average molecular weight is 356 g/mol.